The van der Waals surface area contributed by atoms with Crippen LogP contribution in [0.3, 0.4) is 0 Å². The van der Waals surface area contributed by atoms with E-state index in [9.17, 15) is 20.4 Å². The molecule has 5 N–H and O–H groups in total. The number of likely N-dealkylation sites (tertiary alicyclic amines) is 2. The molecule has 254 valence electrons. The van der Waals surface area contributed by atoms with Crippen LogP contribution in [-0.2, 0) is 36.5 Å². The smallest absolute Gasteiger partial charge is 0.166 e. The van der Waals surface area contributed by atoms with Gasteiger partial charge in [0.15, 0.2) is 35.2 Å². The highest BCUT2D eigenvalue weighted by Gasteiger charge is 2.76. The van der Waals surface area contributed by atoms with Gasteiger partial charge in [-0.05, 0) is 111 Å². The van der Waals surface area contributed by atoms with Crippen LogP contribution in [0.25, 0.3) is 0 Å². The molecule has 4 fully saturated rings. The zero-order chi connectivity index (χ0) is 32.4. The van der Waals surface area contributed by atoms with Gasteiger partial charge < -0.3 is 34.9 Å². The second-order valence-corrected chi connectivity index (χ2v) is 17.8. The fourth-order valence-electron chi connectivity index (χ4n) is 13.4. The molecule has 2 saturated heterocycles. The molecule has 0 radical (unpaired) electrons. The summed E-state index contributed by atoms with van der Waals surface area (Å²) in [6.07, 6.45) is 8.06. The van der Waals surface area contributed by atoms with Crippen molar-refractivity contribution >= 4 is 0 Å². The van der Waals surface area contributed by atoms with Crippen molar-refractivity contribution in [3.05, 3.63) is 69.0 Å². The van der Waals surface area contributed by atoms with Gasteiger partial charge in [-0.15, -0.1) is 0 Å². The average molecular weight is 662 g/mol. The second kappa shape index (κ2) is 8.28. The monoisotopic (exact) mass is 661 g/mol. The molecule has 8 atom stereocenters. The molecule has 4 bridgehead atoms. The first-order valence-electron chi connectivity index (χ1n) is 19.0. The van der Waals surface area contributed by atoms with Gasteiger partial charge in [-0.2, -0.15) is 0 Å². The van der Waals surface area contributed by atoms with Crippen molar-refractivity contribution in [2.24, 2.45) is 11.8 Å². The van der Waals surface area contributed by atoms with Gasteiger partial charge in [0.25, 0.3) is 0 Å². The maximum Gasteiger partial charge on any atom is 0.166 e. The molecule has 2 saturated carbocycles. The molecule has 2 spiro atoms. The third-order valence-electron chi connectivity index (χ3n) is 15.7. The normalized spacial score (nSPS) is 41.3. The Bertz CT molecular complexity index is 1910. The van der Waals surface area contributed by atoms with Crippen LogP contribution in [-0.4, -0.2) is 84.7 Å². The number of benzene rings is 2. The summed E-state index contributed by atoms with van der Waals surface area (Å²) in [6, 6.07) is 7.56. The average Bonchev–Trinajstić information content (AvgIpc) is 3.98. The molecule has 1 aromatic heterocycles. The second-order valence-electron chi connectivity index (χ2n) is 17.8. The molecule has 9 nitrogen and oxygen atoms in total. The minimum Gasteiger partial charge on any atom is -0.504 e. The van der Waals surface area contributed by atoms with Gasteiger partial charge >= 0.3 is 0 Å². The highest BCUT2D eigenvalue weighted by Crippen LogP contribution is 2.72. The number of rotatable bonds is 4. The first-order valence-corrected chi connectivity index (χ1v) is 19.0. The number of H-pyrrole nitrogens is 1. The fourth-order valence-corrected chi connectivity index (χ4v) is 13.4. The molecule has 4 aliphatic heterocycles. The van der Waals surface area contributed by atoms with Gasteiger partial charge in [0.1, 0.15) is 0 Å². The third kappa shape index (κ3) is 2.87. The summed E-state index contributed by atoms with van der Waals surface area (Å²) in [5, 5.41) is 49.4. The topological polar surface area (TPSA) is 122 Å². The summed E-state index contributed by atoms with van der Waals surface area (Å²) in [6.45, 7) is 3.84. The maximum atomic E-state index is 13.5. The Labute approximate surface area is 284 Å². The van der Waals surface area contributed by atoms with Crippen LogP contribution in [0, 0.1) is 11.8 Å². The van der Waals surface area contributed by atoms with Gasteiger partial charge in [-0.1, -0.05) is 12.1 Å². The first-order chi connectivity index (χ1) is 23.7. The number of nitrogens with zero attached hydrogens (tertiary/aromatic N) is 2. The van der Waals surface area contributed by atoms with Crippen LogP contribution >= 0.6 is 0 Å². The van der Waals surface area contributed by atoms with E-state index in [4.69, 9.17) is 9.47 Å². The van der Waals surface area contributed by atoms with E-state index in [1.54, 1.807) is 12.1 Å². The SMILES string of the molecule is Oc1ccc2c3c1O[C@H]1c4[nH]c5c(c4CC4(O)[C@@H](C2)N(CC2CC2)CC[C@]314)C[C@@]1(O)[C@H]2Cc3ccc(O)c4c3[C@@]1(CCN2CC1CC1)[C@H]5O4. The highest BCUT2D eigenvalue weighted by molar-refractivity contribution is 5.68. The lowest BCUT2D eigenvalue weighted by molar-refractivity contribution is -0.176. The zero-order valence-corrected chi connectivity index (χ0v) is 27.7. The molecule has 1 unspecified atom stereocenters. The first kappa shape index (κ1) is 27.5. The van der Waals surface area contributed by atoms with Gasteiger partial charge in [0.2, 0.25) is 0 Å². The zero-order valence-electron chi connectivity index (χ0n) is 27.7. The number of hydrogen-bond donors (Lipinski definition) is 5. The van der Waals surface area contributed by atoms with Gasteiger partial charge in [-0.3, -0.25) is 9.80 Å². The number of aromatic amines is 1. The van der Waals surface area contributed by atoms with E-state index in [0.29, 0.717) is 36.2 Å². The summed E-state index contributed by atoms with van der Waals surface area (Å²) in [4.78, 5) is 9.05. The summed E-state index contributed by atoms with van der Waals surface area (Å²) < 4.78 is 13.9. The van der Waals surface area contributed by atoms with Gasteiger partial charge in [0.05, 0.1) is 33.4 Å². The summed E-state index contributed by atoms with van der Waals surface area (Å²) in [5.41, 5.74) is 4.93. The lowest BCUT2D eigenvalue weighted by atomic mass is 9.47. The van der Waals surface area contributed by atoms with E-state index in [-0.39, 0.29) is 23.6 Å². The highest BCUT2D eigenvalue weighted by atomic mass is 16.5. The van der Waals surface area contributed by atoms with Crippen molar-refractivity contribution in [2.45, 2.75) is 111 Å². The number of phenols is 2. The molecular weight excluding hydrogens is 618 g/mol. The number of aromatic nitrogens is 1. The number of hydrogen-bond acceptors (Lipinski definition) is 8. The Hall–Kier alpha value is -3.24. The Morgan fingerprint density at radius 1 is 0.673 bits per heavy atom. The van der Waals surface area contributed by atoms with E-state index >= 15 is 0 Å². The molecule has 9 heteroatoms. The van der Waals surface area contributed by atoms with Gasteiger partial charge in [0, 0.05) is 49.1 Å². The lowest BCUT2D eigenvalue weighted by Crippen LogP contribution is -2.75. The van der Waals surface area contributed by atoms with E-state index < -0.39 is 34.2 Å². The largest absolute Gasteiger partial charge is 0.504 e. The fraction of sp³-hybridized carbons (Fsp3) is 0.600. The third-order valence-corrected chi connectivity index (χ3v) is 15.7. The van der Waals surface area contributed by atoms with Crippen LogP contribution in [0.4, 0.5) is 0 Å². The summed E-state index contributed by atoms with van der Waals surface area (Å²) in [7, 11) is 0. The van der Waals surface area contributed by atoms with Crippen LogP contribution < -0.4 is 9.47 Å². The van der Waals surface area contributed by atoms with Crippen molar-refractivity contribution < 1.29 is 29.9 Å². The number of ether oxygens (including phenoxy) is 2. The molecule has 49 heavy (non-hydrogen) atoms. The van der Waals surface area contributed by atoms with Crippen molar-refractivity contribution in [1.29, 1.82) is 0 Å². The molecule has 5 heterocycles. The maximum absolute atomic E-state index is 13.5. The molecule has 3 aromatic rings. The number of aromatic hydroxyl groups is 2. The van der Waals surface area contributed by atoms with Crippen molar-refractivity contribution in [1.82, 2.24) is 14.8 Å². The van der Waals surface area contributed by atoms with Crippen LogP contribution in [0.5, 0.6) is 23.0 Å². The standard InChI is InChI=1S/C40H43N3O6/c44-25-7-5-21-13-27-39(46)15-23-24-16-40(47)28-14-22-6-8-26(45)34-30(22)38(40,10-12-43(28)18-20-3-4-20)36(49-34)32(24)41-31(23)35-37(39,29(21)33(25)48-35)9-11-42(27)17-19-1-2-19/h5-8,19-20,27-28,35-36,41,44-47H,1-4,9-18H2/t27-,28-,35+,36+,37+,38+,39-,40?/m1/s1. The number of phenolic OH excluding ortho intramolecular Hbond substituents is 2. The minimum atomic E-state index is -1.09. The van der Waals surface area contributed by atoms with Crippen LogP contribution in [0.1, 0.15) is 95.5 Å². The van der Waals surface area contributed by atoms with E-state index in [1.165, 1.54) is 36.8 Å². The molecule has 2 aromatic carbocycles. The number of aliphatic hydroxyl groups is 2. The van der Waals surface area contributed by atoms with E-state index in [1.807, 2.05) is 0 Å². The van der Waals surface area contributed by atoms with Gasteiger partial charge in [-0.25, -0.2) is 0 Å². The predicted molar refractivity (Wildman–Crippen MR) is 177 cm³/mol. The Kier molecular flexibility index (Phi) is 4.64. The minimum absolute atomic E-state index is 0.0535. The lowest BCUT2D eigenvalue weighted by Gasteiger charge is -2.63. The van der Waals surface area contributed by atoms with Crippen molar-refractivity contribution in [3.8, 4) is 23.0 Å². The van der Waals surface area contributed by atoms with Crippen LogP contribution in [0.15, 0.2) is 24.3 Å². The summed E-state index contributed by atoms with van der Waals surface area (Å²) in [5.74, 6) is 2.77. The summed E-state index contributed by atoms with van der Waals surface area (Å²) >= 11 is 0. The number of nitrogens with one attached hydrogen (secondary N) is 1. The van der Waals surface area contributed by atoms with Crippen molar-refractivity contribution in [3.63, 3.8) is 0 Å². The van der Waals surface area contributed by atoms with Crippen molar-refractivity contribution in [2.75, 3.05) is 26.2 Å². The molecule has 10 aliphatic rings. The Morgan fingerprint density at radius 3 is 1.55 bits per heavy atom. The number of fused-ring (bicyclic) bond motifs is 5. The Morgan fingerprint density at radius 2 is 1.12 bits per heavy atom. The molecule has 13 rings (SSSR count). The predicted octanol–water partition coefficient (Wildman–Crippen LogP) is 3.82. The number of piperidine rings is 2. The molecule has 6 aliphatic carbocycles. The van der Waals surface area contributed by atoms with E-state index in [0.717, 1.165) is 85.5 Å². The van der Waals surface area contributed by atoms with E-state index in [2.05, 4.69) is 26.9 Å². The quantitative estimate of drug-likeness (QED) is 0.286. The molecule has 0 amide bonds. The Balaban J connectivity index is 1.03. The molecular formula is C40H43N3O6. The van der Waals surface area contributed by atoms with Crippen LogP contribution in [0.2, 0.25) is 0 Å².